The summed E-state index contributed by atoms with van der Waals surface area (Å²) in [6.07, 6.45) is 4.26. The number of hydrogen-bond donors (Lipinski definition) is 2. The number of aryl methyl sites for hydroxylation is 1. The first kappa shape index (κ1) is 21.9. The highest BCUT2D eigenvalue weighted by molar-refractivity contribution is 5.84. The molecule has 1 amide bonds. The molecule has 0 bridgehead atoms. The van der Waals surface area contributed by atoms with Gasteiger partial charge in [-0.15, -0.1) is 0 Å². The Hall–Kier alpha value is -1.75. The summed E-state index contributed by atoms with van der Waals surface area (Å²) in [4.78, 5) is 15.8. The zero-order chi connectivity index (χ0) is 21.4. The van der Waals surface area contributed by atoms with Crippen molar-refractivity contribution in [2.45, 2.75) is 79.3 Å². The molecule has 1 aromatic rings. The van der Waals surface area contributed by atoms with E-state index < -0.39 is 6.09 Å². The van der Waals surface area contributed by atoms with Crippen LogP contribution in [0.25, 0.3) is 0 Å². The summed E-state index contributed by atoms with van der Waals surface area (Å²) < 4.78 is 0. The highest BCUT2D eigenvalue weighted by atomic mass is 16.4. The van der Waals surface area contributed by atoms with Crippen LogP contribution in [0.1, 0.15) is 65.9 Å². The lowest BCUT2D eigenvalue weighted by Gasteiger charge is -2.28. The summed E-state index contributed by atoms with van der Waals surface area (Å²) in [6, 6.07) is 7.35. The van der Waals surface area contributed by atoms with Crippen molar-refractivity contribution in [3.8, 4) is 0 Å². The fraction of sp³-hybridized carbons (Fsp3) is 0.708. The number of carboxylic acid groups (broad SMARTS) is 1. The van der Waals surface area contributed by atoms with E-state index in [-0.39, 0.29) is 0 Å². The Bertz CT molecular complexity index is 732. The molecular weight excluding hydrogens is 362 g/mol. The SMILES string of the molecule is CC1(C)CC1(C)C.Cc1cc(N2CCC(N3CCCC3C)C2)ccc1NC(=O)O. The molecule has 5 nitrogen and oxygen atoms in total. The van der Waals surface area contributed by atoms with Crippen LogP contribution in [0.4, 0.5) is 16.2 Å². The van der Waals surface area contributed by atoms with E-state index in [0.29, 0.717) is 28.6 Å². The first-order valence-corrected chi connectivity index (χ1v) is 11.1. The minimum Gasteiger partial charge on any atom is -0.465 e. The zero-order valence-corrected chi connectivity index (χ0v) is 19.1. The van der Waals surface area contributed by atoms with Crippen molar-refractivity contribution in [2.24, 2.45) is 10.8 Å². The van der Waals surface area contributed by atoms with Gasteiger partial charge < -0.3 is 10.0 Å². The lowest BCUT2D eigenvalue weighted by atomic mass is 10.0. The normalized spacial score (nSPS) is 27.3. The molecule has 3 fully saturated rings. The summed E-state index contributed by atoms with van der Waals surface area (Å²) in [5.74, 6) is 0. The molecule has 1 aromatic carbocycles. The second-order valence-electron chi connectivity index (χ2n) is 10.5. The molecule has 162 valence electrons. The maximum Gasteiger partial charge on any atom is 0.409 e. The van der Waals surface area contributed by atoms with Gasteiger partial charge in [0.25, 0.3) is 0 Å². The Morgan fingerprint density at radius 2 is 1.79 bits per heavy atom. The van der Waals surface area contributed by atoms with Crippen molar-refractivity contribution in [1.29, 1.82) is 0 Å². The monoisotopic (exact) mass is 401 g/mol. The van der Waals surface area contributed by atoms with E-state index >= 15 is 0 Å². The molecule has 0 aromatic heterocycles. The highest BCUT2D eigenvalue weighted by Gasteiger charge is 2.53. The van der Waals surface area contributed by atoms with Crippen LogP contribution >= 0.6 is 0 Å². The first-order chi connectivity index (χ1) is 13.5. The predicted octanol–water partition coefficient (Wildman–Crippen LogP) is 5.59. The first-order valence-electron chi connectivity index (χ1n) is 11.1. The number of benzene rings is 1. The average Bonchev–Trinajstić information content (AvgIpc) is 3.05. The molecule has 1 aliphatic carbocycles. The highest BCUT2D eigenvalue weighted by Crippen LogP contribution is 2.62. The van der Waals surface area contributed by atoms with Crippen molar-refractivity contribution >= 4 is 17.5 Å². The van der Waals surface area contributed by atoms with E-state index in [4.69, 9.17) is 5.11 Å². The van der Waals surface area contributed by atoms with E-state index in [1.165, 1.54) is 37.9 Å². The topological polar surface area (TPSA) is 55.8 Å². The third-order valence-electron chi connectivity index (χ3n) is 7.64. The second-order valence-corrected chi connectivity index (χ2v) is 10.5. The van der Waals surface area contributed by atoms with Gasteiger partial charge in [-0.1, -0.05) is 27.7 Å². The quantitative estimate of drug-likeness (QED) is 0.693. The van der Waals surface area contributed by atoms with E-state index in [2.05, 4.69) is 55.8 Å². The molecule has 2 saturated heterocycles. The number of nitrogens with one attached hydrogen (secondary N) is 1. The molecule has 1 saturated carbocycles. The summed E-state index contributed by atoms with van der Waals surface area (Å²) in [6.45, 7) is 17.0. The molecule has 2 unspecified atom stereocenters. The summed E-state index contributed by atoms with van der Waals surface area (Å²) in [7, 11) is 0. The van der Waals surface area contributed by atoms with Crippen molar-refractivity contribution < 1.29 is 9.90 Å². The fourth-order valence-electron chi connectivity index (χ4n) is 4.91. The molecule has 0 spiro atoms. The average molecular weight is 402 g/mol. The number of rotatable bonds is 3. The van der Waals surface area contributed by atoms with Crippen molar-refractivity contribution in [3.05, 3.63) is 23.8 Å². The van der Waals surface area contributed by atoms with Gasteiger partial charge in [0.2, 0.25) is 0 Å². The standard InChI is InChI=1S/C17H25N3O2.C7H14/c1-12-10-14(5-6-16(12)18-17(21)22)19-9-7-15(11-19)20-8-3-4-13(20)2;1-6(2)5-7(6,3)4/h5-6,10,13,15,18H,3-4,7-9,11H2,1-2H3,(H,21,22);5H2,1-4H3. The fourth-order valence-corrected chi connectivity index (χ4v) is 4.91. The molecule has 0 radical (unpaired) electrons. The van der Waals surface area contributed by atoms with Crippen LogP contribution < -0.4 is 10.2 Å². The minimum absolute atomic E-state index is 0.646. The molecule has 2 heterocycles. The van der Waals surface area contributed by atoms with Crippen LogP contribution in [-0.4, -0.2) is 47.8 Å². The summed E-state index contributed by atoms with van der Waals surface area (Å²) in [5, 5.41) is 11.3. The number of hydrogen-bond acceptors (Lipinski definition) is 3. The molecule has 2 N–H and O–H groups in total. The van der Waals surface area contributed by atoms with Gasteiger partial charge in [-0.25, -0.2) is 4.79 Å². The second kappa shape index (κ2) is 8.17. The maximum atomic E-state index is 10.8. The minimum atomic E-state index is -1.01. The van der Waals surface area contributed by atoms with Gasteiger partial charge in [0.1, 0.15) is 0 Å². The molecular formula is C24H39N3O2. The third kappa shape index (κ3) is 5.06. The summed E-state index contributed by atoms with van der Waals surface area (Å²) in [5.41, 5.74) is 4.13. The van der Waals surface area contributed by atoms with Gasteiger partial charge in [0.05, 0.1) is 0 Å². The number of likely N-dealkylation sites (tertiary alicyclic amines) is 1. The predicted molar refractivity (Wildman–Crippen MR) is 121 cm³/mol. The van der Waals surface area contributed by atoms with Gasteiger partial charge in [-0.2, -0.15) is 0 Å². The molecule has 2 atom stereocenters. The van der Waals surface area contributed by atoms with Crippen LogP contribution in [0.3, 0.4) is 0 Å². The molecule has 2 aliphatic heterocycles. The van der Waals surface area contributed by atoms with Gasteiger partial charge in [-0.3, -0.25) is 10.2 Å². The van der Waals surface area contributed by atoms with Crippen LogP contribution in [0.15, 0.2) is 18.2 Å². The van der Waals surface area contributed by atoms with E-state index in [0.717, 1.165) is 18.7 Å². The number of amides is 1. The largest absolute Gasteiger partial charge is 0.465 e. The van der Waals surface area contributed by atoms with Crippen LogP contribution in [0.2, 0.25) is 0 Å². The van der Waals surface area contributed by atoms with Crippen LogP contribution in [-0.2, 0) is 0 Å². The molecule has 29 heavy (non-hydrogen) atoms. The lowest BCUT2D eigenvalue weighted by Crippen LogP contribution is -2.39. The Balaban J connectivity index is 0.000000290. The smallest absolute Gasteiger partial charge is 0.409 e. The third-order valence-corrected chi connectivity index (χ3v) is 7.64. The van der Waals surface area contributed by atoms with Gasteiger partial charge in [-0.05, 0) is 80.7 Å². The molecule has 4 rings (SSSR count). The van der Waals surface area contributed by atoms with Crippen LogP contribution in [0, 0.1) is 17.8 Å². The molecule has 5 heteroatoms. The molecule has 3 aliphatic rings. The Morgan fingerprint density at radius 1 is 1.14 bits per heavy atom. The van der Waals surface area contributed by atoms with Gasteiger partial charge in [0.15, 0.2) is 0 Å². The number of carbonyl (C=O) groups is 1. The Labute approximate surface area is 176 Å². The van der Waals surface area contributed by atoms with Crippen molar-refractivity contribution in [2.75, 3.05) is 29.9 Å². The Kier molecular flexibility index (Phi) is 6.19. The van der Waals surface area contributed by atoms with Crippen molar-refractivity contribution in [3.63, 3.8) is 0 Å². The van der Waals surface area contributed by atoms with E-state index in [1.807, 2.05) is 19.1 Å². The van der Waals surface area contributed by atoms with Gasteiger partial charge >= 0.3 is 6.09 Å². The van der Waals surface area contributed by atoms with Gasteiger partial charge in [0, 0.05) is 36.5 Å². The van der Waals surface area contributed by atoms with Crippen LogP contribution in [0.5, 0.6) is 0 Å². The van der Waals surface area contributed by atoms with E-state index in [1.54, 1.807) is 0 Å². The summed E-state index contributed by atoms with van der Waals surface area (Å²) >= 11 is 0. The Morgan fingerprint density at radius 3 is 2.28 bits per heavy atom. The number of anilines is 2. The van der Waals surface area contributed by atoms with E-state index in [9.17, 15) is 4.79 Å². The number of nitrogens with zero attached hydrogens (tertiary/aromatic N) is 2. The maximum absolute atomic E-state index is 10.8. The lowest BCUT2D eigenvalue weighted by molar-refractivity contribution is 0.204. The zero-order valence-electron chi connectivity index (χ0n) is 19.1. The van der Waals surface area contributed by atoms with Crippen molar-refractivity contribution in [1.82, 2.24) is 4.90 Å².